The third-order valence-electron chi connectivity index (χ3n) is 2.60. The van der Waals surface area contributed by atoms with Gasteiger partial charge in [0.1, 0.15) is 0 Å². The first-order chi connectivity index (χ1) is 7.84. The summed E-state index contributed by atoms with van der Waals surface area (Å²) in [7, 11) is 2.13. The first-order valence-corrected chi connectivity index (χ1v) is 5.44. The topological polar surface area (TPSA) is 38.9 Å². The van der Waals surface area contributed by atoms with Crippen LogP contribution in [0.25, 0.3) is 0 Å². The summed E-state index contributed by atoms with van der Waals surface area (Å²) in [6, 6.07) is 0. The lowest BCUT2D eigenvalue weighted by Gasteiger charge is -2.16. The Morgan fingerprint density at radius 3 is 1.81 bits per heavy atom. The predicted molar refractivity (Wildman–Crippen MR) is 62.0 cm³/mol. The monoisotopic (exact) mass is 219 g/mol. The summed E-state index contributed by atoms with van der Waals surface area (Å²) in [4.78, 5) is 10.3. The average Bonchev–Trinajstić information content (AvgIpc) is 2.96. The minimum Gasteiger partial charge on any atom is -0.336 e. The summed E-state index contributed by atoms with van der Waals surface area (Å²) in [6.07, 6.45) is 11.3. The zero-order chi connectivity index (χ0) is 11.2. The molecule has 0 aliphatic carbocycles. The van der Waals surface area contributed by atoms with Crippen LogP contribution >= 0.6 is 0 Å². The lowest BCUT2D eigenvalue weighted by atomic mass is 10.5. The van der Waals surface area contributed by atoms with E-state index in [1.165, 1.54) is 0 Å². The van der Waals surface area contributed by atoms with Gasteiger partial charge in [0.05, 0.1) is 12.7 Å². The highest BCUT2D eigenvalue weighted by molar-refractivity contribution is 4.75. The number of hydrogen-bond acceptors (Lipinski definition) is 3. The van der Waals surface area contributed by atoms with Crippen LogP contribution in [0.5, 0.6) is 0 Å². The van der Waals surface area contributed by atoms with Gasteiger partial charge in [0.25, 0.3) is 0 Å². The van der Waals surface area contributed by atoms with Gasteiger partial charge in [-0.2, -0.15) is 0 Å². The van der Waals surface area contributed by atoms with Crippen LogP contribution in [0.1, 0.15) is 0 Å². The molecular weight excluding hydrogens is 202 g/mol. The van der Waals surface area contributed by atoms with Crippen molar-refractivity contribution >= 4 is 0 Å². The number of imidazole rings is 2. The van der Waals surface area contributed by atoms with Gasteiger partial charge in [-0.1, -0.05) is 0 Å². The Morgan fingerprint density at radius 1 is 0.938 bits per heavy atom. The van der Waals surface area contributed by atoms with Gasteiger partial charge in [-0.3, -0.25) is 0 Å². The molecule has 0 amide bonds. The number of rotatable bonds is 6. The number of hydrogen-bond donors (Lipinski definition) is 0. The van der Waals surface area contributed by atoms with Crippen molar-refractivity contribution in [2.24, 2.45) is 0 Å². The summed E-state index contributed by atoms with van der Waals surface area (Å²) in [5.74, 6) is 0. The summed E-state index contributed by atoms with van der Waals surface area (Å²) in [5.41, 5.74) is 0. The summed E-state index contributed by atoms with van der Waals surface area (Å²) >= 11 is 0. The van der Waals surface area contributed by atoms with Gasteiger partial charge in [0, 0.05) is 51.0 Å². The predicted octanol–water partition coefficient (Wildman–Crippen LogP) is 0.712. The van der Waals surface area contributed by atoms with Crippen LogP contribution in [0.3, 0.4) is 0 Å². The molecule has 0 aliphatic heterocycles. The van der Waals surface area contributed by atoms with Crippen molar-refractivity contribution in [1.29, 1.82) is 0 Å². The van der Waals surface area contributed by atoms with Crippen molar-refractivity contribution in [3.63, 3.8) is 0 Å². The normalized spacial score (nSPS) is 11.1. The van der Waals surface area contributed by atoms with Gasteiger partial charge in [-0.25, -0.2) is 9.97 Å². The lowest BCUT2D eigenvalue weighted by Crippen LogP contribution is -2.26. The van der Waals surface area contributed by atoms with Crippen LogP contribution in [0.2, 0.25) is 0 Å². The van der Waals surface area contributed by atoms with E-state index in [9.17, 15) is 0 Å². The van der Waals surface area contributed by atoms with Crippen LogP contribution in [0.4, 0.5) is 0 Å². The van der Waals surface area contributed by atoms with E-state index in [-0.39, 0.29) is 0 Å². The van der Waals surface area contributed by atoms with Gasteiger partial charge < -0.3 is 14.0 Å². The molecule has 5 heteroatoms. The Labute approximate surface area is 95.4 Å². The van der Waals surface area contributed by atoms with E-state index in [0.717, 1.165) is 26.2 Å². The Balaban J connectivity index is 1.66. The van der Waals surface area contributed by atoms with E-state index >= 15 is 0 Å². The van der Waals surface area contributed by atoms with E-state index in [4.69, 9.17) is 0 Å². The molecule has 0 atom stereocenters. The zero-order valence-electron chi connectivity index (χ0n) is 9.53. The molecule has 5 nitrogen and oxygen atoms in total. The second-order valence-corrected chi connectivity index (χ2v) is 3.90. The van der Waals surface area contributed by atoms with Crippen LogP contribution in [-0.2, 0) is 13.1 Å². The maximum absolute atomic E-state index is 4.02. The van der Waals surface area contributed by atoms with Gasteiger partial charge in [-0.15, -0.1) is 0 Å². The second kappa shape index (κ2) is 5.46. The molecule has 0 aliphatic rings. The standard InChI is InChI=1S/C11H17N5/c1-14(6-8-15-4-2-12-10-15)7-9-16-5-3-13-11-16/h2-5,10-11H,6-9H2,1H3. The van der Waals surface area contributed by atoms with E-state index in [1.807, 2.05) is 37.4 Å². The molecule has 2 aromatic heterocycles. The molecule has 0 N–H and O–H groups in total. The summed E-state index contributed by atoms with van der Waals surface area (Å²) in [6.45, 7) is 4.04. The highest BCUT2D eigenvalue weighted by Crippen LogP contribution is 1.92. The van der Waals surface area contributed by atoms with E-state index in [2.05, 4.69) is 31.0 Å². The molecule has 0 saturated heterocycles. The van der Waals surface area contributed by atoms with Crippen LogP contribution in [0.15, 0.2) is 37.4 Å². The van der Waals surface area contributed by atoms with Crippen molar-refractivity contribution in [2.75, 3.05) is 20.1 Å². The Morgan fingerprint density at radius 2 is 1.44 bits per heavy atom. The fraction of sp³-hybridized carbons (Fsp3) is 0.455. The molecular formula is C11H17N5. The molecule has 0 unspecified atom stereocenters. The molecule has 0 saturated carbocycles. The highest BCUT2D eigenvalue weighted by atomic mass is 15.2. The Kier molecular flexibility index (Phi) is 3.71. The van der Waals surface area contributed by atoms with E-state index in [1.54, 1.807) is 0 Å². The third-order valence-corrected chi connectivity index (χ3v) is 2.60. The van der Waals surface area contributed by atoms with Gasteiger partial charge in [0.2, 0.25) is 0 Å². The van der Waals surface area contributed by atoms with Gasteiger partial charge in [0.15, 0.2) is 0 Å². The highest BCUT2D eigenvalue weighted by Gasteiger charge is 1.99. The zero-order valence-corrected chi connectivity index (χ0v) is 9.53. The van der Waals surface area contributed by atoms with Crippen molar-refractivity contribution in [2.45, 2.75) is 13.1 Å². The molecule has 0 spiro atoms. The average molecular weight is 219 g/mol. The summed E-state index contributed by atoms with van der Waals surface area (Å²) < 4.78 is 4.18. The first kappa shape index (κ1) is 10.9. The van der Waals surface area contributed by atoms with Crippen LogP contribution < -0.4 is 0 Å². The number of nitrogens with zero attached hydrogens (tertiary/aromatic N) is 5. The summed E-state index contributed by atoms with van der Waals surface area (Å²) in [5, 5.41) is 0. The molecule has 0 radical (unpaired) electrons. The quantitative estimate of drug-likeness (QED) is 0.718. The van der Waals surface area contributed by atoms with Gasteiger partial charge in [-0.05, 0) is 7.05 Å². The first-order valence-electron chi connectivity index (χ1n) is 5.44. The second-order valence-electron chi connectivity index (χ2n) is 3.90. The maximum Gasteiger partial charge on any atom is 0.0946 e. The molecule has 0 aromatic carbocycles. The van der Waals surface area contributed by atoms with Crippen molar-refractivity contribution in [3.8, 4) is 0 Å². The minimum absolute atomic E-state index is 0.987. The van der Waals surface area contributed by atoms with E-state index < -0.39 is 0 Å². The van der Waals surface area contributed by atoms with Crippen molar-refractivity contribution < 1.29 is 0 Å². The van der Waals surface area contributed by atoms with Crippen LogP contribution in [-0.4, -0.2) is 44.1 Å². The number of aromatic nitrogens is 4. The molecule has 2 rings (SSSR count). The molecule has 2 heterocycles. The minimum atomic E-state index is 0.987. The Hall–Kier alpha value is -1.62. The Bertz CT molecular complexity index is 340. The molecule has 2 aromatic rings. The molecule has 0 bridgehead atoms. The number of likely N-dealkylation sites (N-methyl/N-ethyl adjacent to an activating group) is 1. The molecule has 86 valence electrons. The van der Waals surface area contributed by atoms with Crippen LogP contribution in [0, 0.1) is 0 Å². The molecule has 16 heavy (non-hydrogen) atoms. The molecule has 0 fully saturated rings. The lowest BCUT2D eigenvalue weighted by molar-refractivity contribution is 0.305. The largest absolute Gasteiger partial charge is 0.336 e. The maximum atomic E-state index is 4.02. The van der Waals surface area contributed by atoms with Crippen molar-refractivity contribution in [1.82, 2.24) is 24.0 Å². The van der Waals surface area contributed by atoms with Gasteiger partial charge >= 0.3 is 0 Å². The van der Waals surface area contributed by atoms with Crippen molar-refractivity contribution in [3.05, 3.63) is 37.4 Å². The smallest absolute Gasteiger partial charge is 0.0946 e. The SMILES string of the molecule is CN(CCn1ccnc1)CCn1ccnc1. The fourth-order valence-electron chi connectivity index (χ4n) is 1.52. The van der Waals surface area contributed by atoms with E-state index in [0.29, 0.717) is 0 Å². The fourth-order valence-corrected chi connectivity index (χ4v) is 1.52. The third kappa shape index (κ3) is 3.20.